The number of morpholine rings is 1. The van der Waals surface area contributed by atoms with Crippen LogP contribution in [-0.4, -0.2) is 94.7 Å². The molecule has 0 saturated carbocycles. The summed E-state index contributed by atoms with van der Waals surface area (Å²) in [4.78, 5) is 34.1. The number of nitrogens with zero attached hydrogens (tertiary/aromatic N) is 3. The SMILES string of the molecule is Cc1ncc(NC(=O)c2cccc(C(F)(F)F)c2)cc1-c1cnc(OCCOCCOCCOCC=O)c(N2CCOCC2)c1. The molecule has 1 aliphatic rings. The van der Waals surface area contributed by atoms with Gasteiger partial charge in [0.2, 0.25) is 5.88 Å². The van der Waals surface area contributed by atoms with Gasteiger partial charge in [0.1, 0.15) is 25.2 Å². The predicted octanol–water partition coefficient (Wildman–Crippen LogP) is 4.19. The molecule has 1 fully saturated rings. The number of alkyl halides is 3. The van der Waals surface area contributed by atoms with E-state index in [1.165, 1.54) is 18.3 Å². The molecule has 0 atom stereocenters. The Morgan fingerprint density at radius 2 is 1.69 bits per heavy atom. The fourth-order valence-corrected chi connectivity index (χ4v) is 4.43. The molecular formula is C31H35F3N4O7. The highest BCUT2D eigenvalue weighted by Gasteiger charge is 2.31. The third-order valence-electron chi connectivity index (χ3n) is 6.69. The van der Waals surface area contributed by atoms with Crippen LogP contribution in [0.2, 0.25) is 0 Å². The molecule has 242 valence electrons. The Bertz CT molecular complexity index is 1420. The fraction of sp³-hybridized carbons (Fsp3) is 0.419. The van der Waals surface area contributed by atoms with E-state index in [9.17, 15) is 22.8 Å². The van der Waals surface area contributed by atoms with Crippen molar-refractivity contribution in [3.05, 3.63) is 65.6 Å². The van der Waals surface area contributed by atoms with Gasteiger partial charge in [0.25, 0.3) is 5.91 Å². The number of nitrogens with one attached hydrogen (secondary N) is 1. The van der Waals surface area contributed by atoms with E-state index < -0.39 is 17.6 Å². The van der Waals surface area contributed by atoms with Crippen molar-refractivity contribution >= 4 is 23.6 Å². The lowest BCUT2D eigenvalue weighted by Gasteiger charge is -2.30. The monoisotopic (exact) mass is 632 g/mol. The number of carbonyl (C=O) groups excluding carboxylic acids is 2. The van der Waals surface area contributed by atoms with Crippen LogP contribution in [0.1, 0.15) is 21.6 Å². The number of halogens is 3. The number of anilines is 2. The molecule has 1 amide bonds. The number of aromatic nitrogens is 2. The summed E-state index contributed by atoms with van der Waals surface area (Å²) in [6.45, 7) is 6.24. The summed E-state index contributed by atoms with van der Waals surface area (Å²) >= 11 is 0. The van der Waals surface area contributed by atoms with Crippen molar-refractivity contribution in [1.29, 1.82) is 0 Å². The average molecular weight is 633 g/mol. The second-order valence-corrected chi connectivity index (χ2v) is 9.85. The van der Waals surface area contributed by atoms with Gasteiger partial charge in [-0.2, -0.15) is 13.2 Å². The molecule has 0 bridgehead atoms. The summed E-state index contributed by atoms with van der Waals surface area (Å²) in [5.74, 6) is -0.265. The highest BCUT2D eigenvalue weighted by atomic mass is 19.4. The van der Waals surface area contributed by atoms with Crippen LogP contribution in [0.4, 0.5) is 24.5 Å². The average Bonchev–Trinajstić information content (AvgIpc) is 3.04. The molecule has 1 N–H and O–H groups in total. The molecule has 45 heavy (non-hydrogen) atoms. The second kappa shape index (κ2) is 16.8. The molecule has 0 spiro atoms. The Labute approximate surface area is 258 Å². The number of aryl methyl sites for hydroxylation is 1. The number of benzene rings is 1. The van der Waals surface area contributed by atoms with Gasteiger partial charge in [-0.05, 0) is 37.3 Å². The van der Waals surface area contributed by atoms with Crippen LogP contribution in [0.3, 0.4) is 0 Å². The molecule has 4 rings (SSSR count). The summed E-state index contributed by atoms with van der Waals surface area (Å²) in [6, 6.07) is 7.87. The number of pyridine rings is 2. The predicted molar refractivity (Wildman–Crippen MR) is 159 cm³/mol. The van der Waals surface area contributed by atoms with Crippen LogP contribution in [0.5, 0.6) is 5.88 Å². The van der Waals surface area contributed by atoms with E-state index >= 15 is 0 Å². The normalized spacial score (nSPS) is 13.5. The van der Waals surface area contributed by atoms with Crippen molar-refractivity contribution in [1.82, 2.24) is 9.97 Å². The maximum atomic E-state index is 13.1. The first-order chi connectivity index (χ1) is 21.8. The van der Waals surface area contributed by atoms with E-state index in [0.29, 0.717) is 88.4 Å². The fourth-order valence-electron chi connectivity index (χ4n) is 4.43. The standard InChI is InChI=1S/C31H35F3N4O7/c1-22-27(19-26(21-35-22)37-29(40)23-3-2-4-25(17-23)31(32,33)34)24-18-28(38-5-8-41-9-6-38)30(36-20-24)45-16-15-44-14-13-43-12-11-42-10-7-39/h2-4,7,17-21H,5-6,8-16H2,1H3,(H,37,40). The summed E-state index contributed by atoms with van der Waals surface area (Å²) in [5, 5.41) is 2.64. The summed E-state index contributed by atoms with van der Waals surface area (Å²) < 4.78 is 66.8. The van der Waals surface area contributed by atoms with E-state index in [0.717, 1.165) is 23.4 Å². The van der Waals surface area contributed by atoms with E-state index in [-0.39, 0.29) is 18.8 Å². The zero-order chi connectivity index (χ0) is 32.1. The third kappa shape index (κ3) is 10.2. The largest absolute Gasteiger partial charge is 0.474 e. The smallest absolute Gasteiger partial charge is 0.416 e. The van der Waals surface area contributed by atoms with Gasteiger partial charge < -0.3 is 38.7 Å². The second-order valence-electron chi connectivity index (χ2n) is 9.85. The summed E-state index contributed by atoms with van der Waals surface area (Å²) in [6.07, 6.45) is -0.787. The van der Waals surface area contributed by atoms with Gasteiger partial charge in [0.15, 0.2) is 0 Å². The van der Waals surface area contributed by atoms with Gasteiger partial charge in [0, 0.05) is 41.7 Å². The van der Waals surface area contributed by atoms with Crippen LogP contribution >= 0.6 is 0 Å². The van der Waals surface area contributed by atoms with Crippen LogP contribution in [0, 0.1) is 6.92 Å². The molecule has 2 aromatic heterocycles. The maximum absolute atomic E-state index is 13.1. The van der Waals surface area contributed by atoms with Crippen LogP contribution in [0.15, 0.2) is 48.8 Å². The van der Waals surface area contributed by atoms with Crippen molar-refractivity contribution in [3.63, 3.8) is 0 Å². The molecule has 0 radical (unpaired) electrons. The Hall–Kier alpha value is -4.11. The number of carbonyl (C=O) groups is 2. The number of amides is 1. The van der Waals surface area contributed by atoms with E-state index in [4.69, 9.17) is 23.7 Å². The zero-order valence-corrected chi connectivity index (χ0v) is 24.8. The van der Waals surface area contributed by atoms with E-state index in [1.54, 1.807) is 12.3 Å². The van der Waals surface area contributed by atoms with Crippen LogP contribution in [0.25, 0.3) is 11.1 Å². The third-order valence-corrected chi connectivity index (χ3v) is 6.69. The van der Waals surface area contributed by atoms with Crippen molar-refractivity contribution < 1.29 is 46.4 Å². The molecule has 14 heteroatoms. The summed E-state index contributed by atoms with van der Waals surface area (Å²) in [7, 11) is 0. The van der Waals surface area contributed by atoms with Crippen molar-refractivity contribution in [3.8, 4) is 17.0 Å². The zero-order valence-electron chi connectivity index (χ0n) is 24.8. The van der Waals surface area contributed by atoms with Gasteiger partial charge in [-0.15, -0.1) is 0 Å². The Morgan fingerprint density at radius 1 is 0.978 bits per heavy atom. The molecule has 3 heterocycles. The van der Waals surface area contributed by atoms with Crippen LogP contribution < -0.4 is 15.0 Å². The first-order valence-corrected chi connectivity index (χ1v) is 14.3. The Morgan fingerprint density at radius 3 is 2.40 bits per heavy atom. The first kappa shape index (κ1) is 33.8. The van der Waals surface area contributed by atoms with Crippen molar-refractivity contribution in [2.24, 2.45) is 0 Å². The van der Waals surface area contributed by atoms with Gasteiger partial charge in [0.05, 0.1) is 63.7 Å². The molecule has 1 aliphatic heterocycles. The first-order valence-electron chi connectivity index (χ1n) is 14.3. The van der Waals surface area contributed by atoms with Gasteiger partial charge in [-0.1, -0.05) is 6.07 Å². The van der Waals surface area contributed by atoms with E-state index in [1.807, 2.05) is 13.0 Å². The highest BCUT2D eigenvalue weighted by molar-refractivity contribution is 6.04. The number of ether oxygens (including phenoxy) is 5. The quantitative estimate of drug-likeness (QED) is 0.182. The Kier molecular flexibility index (Phi) is 12.6. The Balaban J connectivity index is 1.42. The van der Waals surface area contributed by atoms with E-state index in [2.05, 4.69) is 20.2 Å². The molecule has 1 saturated heterocycles. The minimum absolute atomic E-state index is 0.0477. The number of hydrogen-bond acceptors (Lipinski definition) is 10. The minimum Gasteiger partial charge on any atom is -0.474 e. The summed E-state index contributed by atoms with van der Waals surface area (Å²) in [5.41, 5.74) is 2.12. The van der Waals surface area contributed by atoms with Crippen molar-refractivity contribution in [2.75, 3.05) is 82.8 Å². The van der Waals surface area contributed by atoms with Crippen molar-refractivity contribution in [2.45, 2.75) is 13.1 Å². The number of aldehydes is 1. The number of rotatable bonds is 16. The van der Waals surface area contributed by atoms with Gasteiger partial charge in [-0.3, -0.25) is 9.78 Å². The van der Waals surface area contributed by atoms with Gasteiger partial charge in [-0.25, -0.2) is 4.98 Å². The minimum atomic E-state index is -4.56. The topological polar surface area (TPSA) is 121 Å². The molecule has 0 unspecified atom stereocenters. The lowest BCUT2D eigenvalue weighted by Crippen LogP contribution is -2.36. The maximum Gasteiger partial charge on any atom is 0.416 e. The molecular weight excluding hydrogens is 597 g/mol. The molecule has 0 aliphatic carbocycles. The molecule has 11 nitrogen and oxygen atoms in total. The van der Waals surface area contributed by atoms with Crippen LogP contribution in [-0.2, 0) is 29.9 Å². The lowest BCUT2D eigenvalue weighted by molar-refractivity contribution is -0.137. The molecule has 1 aromatic carbocycles. The van der Waals surface area contributed by atoms with Gasteiger partial charge >= 0.3 is 6.18 Å². The number of hydrogen-bond donors (Lipinski definition) is 1. The highest BCUT2D eigenvalue weighted by Crippen LogP contribution is 2.34. The molecule has 3 aromatic rings. The lowest BCUT2D eigenvalue weighted by atomic mass is 10.0.